The molecule has 5 nitrogen and oxygen atoms in total. The maximum absolute atomic E-state index is 12.3. The van der Waals surface area contributed by atoms with Crippen molar-refractivity contribution in [3.63, 3.8) is 0 Å². The van der Waals surface area contributed by atoms with Gasteiger partial charge in [-0.05, 0) is 18.9 Å². The van der Waals surface area contributed by atoms with Crippen LogP contribution in [0, 0.1) is 6.92 Å². The van der Waals surface area contributed by atoms with Gasteiger partial charge in [-0.15, -0.1) is 0 Å². The van der Waals surface area contributed by atoms with E-state index in [2.05, 4.69) is 30.4 Å². The Hall–Kier alpha value is -2.04. The zero-order chi connectivity index (χ0) is 15.6. The summed E-state index contributed by atoms with van der Waals surface area (Å²) in [5, 5.41) is 2.71. The first-order valence-electron chi connectivity index (χ1n) is 7.87. The fraction of sp³-hybridized carbons (Fsp3) is 0.529. The van der Waals surface area contributed by atoms with E-state index < -0.39 is 0 Å². The first-order chi connectivity index (χ1) is 10.6. The van der Waals surface area contributed by atoms with Crippen molar-refractivity contribution in [3.8, 4) is 0 Å². The fourth-order valence-electron chi connectivity index (χ4n) is 3.22. The van der Waals surface area contributed by atoms with Crippen molar-refractivity contribution in [2.24, 2.45) is 0 Å². The Bertz CT molecular complexity index is 577. The van der Waals surface area contributed by atoms with Gasteiger partial charge in [0.15, 0.2) is 0 Å². The van der Waals surface area contributed by atoms with Crippen LogP contribution in [-0.4, -0.2) is 42.1 Å². The molecule has 118 valence electrons. The molecule has 1 N–H and O–H groups in total. The summed E-state index contributed by atoms with van der Waals surface area (Å²) in [5.41, 5.74) is 2.04. The second-order valence-electron chi connectivity index (χ2n) is 6.30. The Balaban J connectivity index is 1.49. The minimum atomic E-state index is -0.385. The van der Waals surface area contributed by atoms with Crippen LogP contribution in [0.5, 0.6) is 0 Å². The molecule has 2 aliphatic rings. The number of carbonyl (C=O) groups excluding carboxylic acids is 2. The summed E-state index contributed by atoms with van der Waals surface area (Å²) >= 11 is 0. The topological polar surface area (TPSA) is 58.6 Å². The lowest BCUT2D eigenvalue weighted by Gasteiger charge is -2.37. The summed E-state index contributed by atoms with van der Waals surface area (Å²) in [7, 11) is 0. The Morgan fingerprint density at radius 1 is 1.36 bits per heavy atom. The van der Waals surface area contributed by atoms with E-state index in [9.17, 15) is 9.59 Å². The number of hydrogen-bond acceptors (Lipinski definition) is 3. The number of carbonyl (C=O) groups is 2. The molecule has 0 radical (unpaired) electrons. The molecule has 0 aliphatic carbocycles. The van der Waals surface area contributed by atoms with Crippen molar-refractivity contribution in [2.75, 3.05) is 19.6 Å². The predicted octanol–water partition coefficient (Wildman–Crippen LogP) is 2.03. The highest BCUT2D eigenvalue weighted by molar-refractivity contribution is 5.76. The number of likely N-dealkylation sites (tertiary alicyclic amines) is 1. The van der Waals surface area contributed by atoms with Crippen molar-refractivity contribution in [1.29, 1.82) is 0 Å². The number of benzene rings is 1. The van der Waals surface area contributed by atoms with E-state index in [1.54, 1.807) is 0 Å². The summed E-state index contributed by atoms with van der Waals surface area (Å²) in [6.45, 7) is 3.96. The molecular formula is C17H22N2O3. The lowest BCUT2D eigenvalue weighted by atomic mass is 9.91. The maximum atomic E-state index is 12.3. The van der Waals surface area contributed by atoms with Gasteiger partial charge in [-0.2, -0.15) is 0 Å². The van der Waals surface area contributed by atoms with Crippen LogP contribution >= 0.6 is 0 Å². The second kappa shape index (κ2) is 5.99. The molecule has 2 saturated heterocycles. The maximum Gasteiger partial charge on any atom is 0.407 e. The Labute approximate surface area is 130 Å². The zero-order valence-electron chi connectivity index (χ0n) is 12.9. The smallest absolute Gasteiger partial charge is 0.407 e. The lowest BCUT2D eigenvalue weighted by Crippen LogP contribution is -2.48. The largest absolute Gasteiger partial charge is 0.441 e. The van der Waals surface area contributed by atoms with Gasteiger partial charge in [0.05, 0.1) is 6.54 Å². The van der Waals surface area contributed by atoms with Gasteiger partial charge in [0, 0.05) is 32.4 Å². The number of rotatable bonds is 3. The molecule has 0 unspecified atom stereocenters. The summed E-state index contributed by atoms with van der Waals surface area (Å²) in [6, 6.07) is 8.28. The van der Waals surface area contributed by atoms with E-state index in [4.69, 9.17) is 4.74 Å². The van der Waals surface area contributed by atoms with E-state index in [-0.39, 0.29) is 17.6 Å². The van der Waals surface area contributed by atoms with Gasteiger partial charge in [-0.3, -0.25) is 4.79 Å². The van der Waals surface area contributed by atoms with Crippen LogP contribution in [0.25, 0.3) is 0 Å². The van der Waals surface area contributed by atoms with E-state index in [0.29, 0.717) is 26.1 Å². The predicted molar refractivity (Wildman–Crippen MR) is 82.5 cm³/mol. The standard InChI is InChI=1S/C17H22N2O3/c1-13-3-2-4-14(11-13)5-6-15(20)19-9-7-17(8-10-19)12-18-16(21)22-17/h2-4,11H,5-10,12H2,1H3,(H,18,21). The van der Waals surface area contributed by atoms with Crippen LogP contribution in [0.3, 0.4) is 0 Å². The molecule has 1 aromatic carbocycles. The Morgan fingerprint density at radius 2 is 2.14 bits per heavy atom. The van der Waals surface area contributed by atoms with E-state index in [1.807, 2.05) is 11.0 Å². The summed E-state index contributed by atoms with van der Waals surface area (Å²) < 4.78 is 5.37. The van der Waals surface area contributed by atoms with Gasteiger partial charge < -0.3 is 15.0 Å². The average molecular weight is 302 g/mol. The van der Waals surface area contributed by atoms with Crippen molar-refractivity contribution in [2.45, 2.75) is 38.2 Å². The normalized spacial score (nSPS) is 19.9. The molecule has 0 atom stereocenters. The van der Waals surface area contributed by atoms with Crippen LogP contribution in [0.15, 0.2) is 24.3 Å². The summed E-state index contributed by atoms with van der Waals surface area (Å²) in [6.07, 6.45) is 2.43. The van der Waals surface area contributed by atoms with E-state index in [1.165, 1.54) is 11.1 Å². The molecule has 2 heterocycles. The average Bonchev–Trinajstić information content (AvgIpc) is 2.86. The van der Waals surface area contributed by atoms with Gasteiger partial charge in [0.1, 0.15) is 5.60 Å². The highest BCUT2D eigenvalue weighted by Gasteiger charge is 2.43. The molecular weight excluding hydrogens is 280 g/mol. The van der Waals surface area contributed by atoms with Crippen molar-refractivity contribution in [1.82, 2.24) is 10.2 Å². The highest BCUT2D eigenvalue weighted by Crippen LogP contribution is 2.29. The van der Waals surface area contributed by atoms with Crippen molar-refractivity contribution < 1.29 is 14.3 Å². The van der Waals surface area contributed by atoms with Crippen LogP contribution in [0.4, 0.5) is 4.79 Å². The van der Waals surface area contributed by atoms with E-state index >= 15 is 0 Å². The number of aryl methyl sites for hydroxylation is 2. The van der Waals surface area contributed by atoms with Gasteiger partial charge >= 0.3 is 6.09 Å². The third-order valence-corrected chi connectivity index (χ3v) is 4.60. The van der Waals surface area contributed by atoms with Gasteiger partial charge in [-0.25, -0.2) is 4.79 Å². The number of ether oxygens (including phenoxy) is 1. The minimum absolute atomic E-state index is 0.189. The van der Waals surface area contributed by atoms with Crippen LogP contribution in [0.2, 0.25) is 0 Å². The van der Waals surface area contributed by atoms with E-state index in [0.717, 1.165) is 19.3 Å². The van der Waals surface area contributed by atoms with Crippen LogP contribution in [0.1, 0.15) is 30.4 Å². The molecule has 2 aliphatic heterocycles. The first-order valence-corrected chi connectivity index (χ1v) is 7.87. The van der Waals surface area contributed by atoms with Crippen LogP contribution in [-0.2, 0) is 16.0 Å². The zero-order valence-corrected chi connectivity index (χ0v) is 12.9. The number of hydrogen-bond donors (Lipinski definition) is 1. The number of alkyl carbamates (subject to hydrolysis) is 1. The second-order valence-corrected chi connectivity index (χ2v) is 6.30. The fourth-order valence-corrected chi connectivity index (χ4v) is 3.22. The molecule has 5 heteroatoms. The van der Waals surface area contributed by atoms with Crippen LogP contribution < -0.4 is 5.32 Å². The molecule has 22 heavy (non-hydrogen) atoms. The third-order valence-electron chi connectivity index (χ3n) is 4.60. The Kier molecular flexibility index (Phi) is 4.05. The number of piperidine rings is 1. The molecule has 3 rings (SSSR count). The monoisotopic (exact) mass is 302 g/mol. The third kappa shape index (κ3) is 3.24. The van der Waals surface area contributed by atoms with Crippen molar-refractivity contribution in [3.05, 3.63) is 35.4 Å². The molecule has 0 saturated carbocycles. The minimum Gasteiger partial charge on any atom is -0.441 e. The molecule has 2 fully saturated rings. The Morgan fingerprint density at radius 3 is 2.77 bits per heavy atom. The molecule has 2 amide bonds. The number of amides is 2. The summed E-state index contributed by atoms with van der Waals surface area (Å²) in [4.78, 5) is 25.4. The molecule has 0 aromatic heterocycles. The highest BCUT2D eigenvalue weighted by atomic mass is 16.6. The van der Waals surface area contributed by atoms with Gasteiger partial charge in [0.2, 0.25) is 5.91 Å². The van der Waals surface area contributed by atoms with Gasteiger partial charge in [-0.1, -0.05) is 29.8 Å². The lowest BCUT2D eigenvalue weighted by molar-refractivity contribution is -0.134. The number of nitrogens with one attached hydrogen (secondary N) is 1. The number of nitrogens with zero attached hydrogens (tertiary/aromatic N) is 1. The first kappa shape index (κ1) is 14.9. The molecule has 1 aromatic rings. The summed E-state index contributed by atoms with van der Waals surface area (Å²) in [5.74, 6) is 0.189. The molecule has 1 spiro atoms. The van der Waals surface area contributed by atoms with Crippen molar-refractivity contribution >= 4 is 12.0 Å². The molecule has 0 bridgehead atoms. The SMILES string of the molecule is Cc1cccc(CCC(=O)N2CCC3(CC2)CNC(=O)O3)c1. The van der Waals surface area contributed by atoms with Gasteiger partial charge in [0.25, 0.3) is 0 Å². The quantitative estimate of drug-likeness (QED) is 0.929.